The van der Waals surface area contributed by atoms with Gasteiger partial charge in [-0.3, -0.25) is 4.79 Å². The van der Waals surface area contributed by atoms with Gasteiger partial charge in [0.05, 0.1) is 18.3 Å². The summed E-state index contributed by atoms with van der Waals surface area (Å²) in [5, 5.41) is 0. The van der Waals surface area contributed by atoms with Crippen molar-refractivity contribution >= 4 is 11.9 Å². The zero-order chi connectivity index (χ0) is 20.8. The Labute approximate surface area is 172 Å². The van der Waals surface area contributed by atoms with E-state index in [-0.39, 0.29) is 35.4 Å². The molecule has 0 bridgehead atoms. The number of allylic oxidation sites excluding steroid dienone is 2. The minimum absolute atomic E-state index is 0.00388. The monoisotopic (exact) mass is 404 g/mol. The van der Waals surface area contributed by atoms with Crippen LogP contribution in [0.5, 0.6) is 0 Å². The summed E-state index contributed by atoms with van der Waals surface area (Å²) in [6.07, 6.45) is 6.44. The molecule has 2 aliphatic carbocycles. The summed E-state index contributed by atoms with van der Waals surface area (Å²) in [5.41, 5.74) is 1.78. The Morgan fingerprint density at radius 3 is 2.86 bits per heavy atom. The van der Waals surface area contributed by atoms with E-state index in [9.17, 15) is 9.59 Å². The zero-order valence-electron chi connectivity index (χ0n) is 17.7. The zero-order valence-corrected chi connectivity index (χ0v) is 17.7. The molecule has 0 aromatic rings. The van der Waals surface area contributed by atoms with Crippen molar-refractivity contribution in [3.63, 3.8) is 0 Å². The minimum Gasteiger partial charge on any atom is -0.458 e. The Balaban J connectivity index is 1.59. The van der Waals surface area contributed by atoms with Crippen LogP contribution in [0.4, 0.5) is 0 Å². The number of esters is 2. The first-order valence-corrected chi connectivity index (χ1v) is 10.7. The lowest BCUT2D eigenvalue weighted by Gasteiger charge is -2.61. The normalized spacial score (nSPS) is 43.5. The first-order chi connectivity index (χ1) is 13.8. The van der Waals surface area contributed by atoms with E-state index in [1.165, 1.54) is 12.5 Å². The highest BCUT2D eigenvalue weighted by atomic mass is 16.7. The lowest BCUT2D eigenvalue weighted by molar-refractivity contribution is -0.259. The summed E-state index contributed by atoms with van der Waals surface area (Å²) in [7, 11) is 0. The molecule has 0 spiro atoms. The molecule has 6 atom stereocenters. The van der Waals surface area contributed by atoms with Gasteiger partial charge in [0.1, 0.15) is 13.4 Å². The van der Waals surface area contributed by atoms with Crippen molar-refractivity contribution < 1.29 is 28.5 Å². The molecule has 6 nitrogen and oxygen atoms in total. The van der Waals surface area contributed by atoms with E-state index in [0.29, 0.717) is 24.7 Å². The van der Waals surface area contributed by atoms with Gasteiger partial charge in [0.25, 0.3) is 0 Å². The van der Waals surface area contributed by atoms with Gasteiger partial charge in [0, 0.05) is 12.3 Å². The fourth-order valence-electron chi connectivity index (χ4n) is 6.48. The number of ether oxygens (including phenoxy) is 4. The van der Waals surface area contributed by atoms with Crippen molar-refractivity contribution in [1.82, 2.24) is 0 Å². The van der Waals surface area contributed by atoms with Gasteiger partial charge in [-0.05, 0) is 49.4 Å². The van der Waals surface area contributed by atoms with Crippen LogP contribution in [0.1, 0.15) is 52.9 Å². The van der Waals surface area contributed by atoms with E-state index in [4.69, 9.17) is 18.9 Å². The Kier molecular flexibility index (Phi) is 5.36. The van der Waals surface area contributed by atoms with Crippen molar-refractivity contribution in [2.75, 3.05) is 20.0 Å². The summed E-state index contributed by atoms with van der Waals surface area (Å²) in [6.45, 7) is 11.7. The van der Waals surface area contributed by atoms with Gasteiger partial charge in [-0.2, -0.15) is 0 Å². The van der Waals surface area contributed by atoms with Crippen molar-refractivity contribution in [3.05, 3.63) is 23.8 Å². The standard InChI is InChI=1S/C23H32O6/c1-14-5-8-19-22(3,10-9-20-23(19,4)12-26-13-28-20)17(14)7-6-16-18(29-15(2)24)11-27-21(16)25/h6,17-20H,1,5,7-13H2,2-4H3/b16-6-/t17-,18?,19?,20-,22+,23+/m1/s1. The van der Waals surface area contributed by atoms with Crippen LogP contribution in [0, 0.1) is 22.7 Å². The van der Waals surface area contributed by atoms with E-state index >= 15 is 0 Å². The van der Waals surface area contributed by atoms with Gasteiger partial charge in [0.15, 0.2) is 6.10 Å². The summed E-state index contributed by atoms with van der Waals surface area (Å²) in [6, 6.07) is 0. The van der Waals surface area contributed by atoms with Gasteiger partial charge in [0.2, 0.25) is 0 Å². The van der Waals surface area contributed by atoms with Crippen LogP contribution >= 0.6 is 0 Å². The molecule has 0 N–H and O–H groups in total. The molecule has 0 amide bonds. The SMILES string of the molecule is C=C1CCC2[C@]3(C)COCO[C@@H]3CC[C@@]2(C)[C@@H]1C/C=C1\C(=O)OCC1OC(C)=O. The van der Waals surface area contributed by atoms with Crippen LogP contribution in [0.2, 0.25) is 0 Å². The molecule has 2 saturated carbocycles. The molecule has 0 aromatic heterocycles. The highest BCUT2D eigenvalue weighted by Crippen LogP contribution is 2.63. The summed E-state index contributed by atoms with van der Waals surface area (Å²) < 4.78 is 22.1. The number of carbonyl (C=O) groups excluding carboxylic acids is 2. The van der Waals surface area contributed by atoms with E-state index in [1.807, 2.05) is 6.08 Å². The second kappa shape index (κ2) is 7.55. The second-order valence-electron chi connectivity index (χ2n) is 9.57. The van der Waals surface area contributed by atoms with Crippen LogP contribution in [-0.2, 0) is 28.5 Å². The Morgan fingerprint density at radius 2 is 2.10 bits per heavy atom. The fourth-order valence-corrected chi connectivity index (χ4v) is 6.48. The van der Waals surface area contributed by atoms with Crippen LogP contribution in [0.25, 0.3) is 0 Å². The van der Waals surface area contributed by atoms with E-state index in [1.54, 1.807) is 0 Å². The molecule has 6 heteroatoms. The number of hydrogen-bond acceptors (Lipinski definition) is 6. The lowest BCUT2D eigenvalue weighted by Crippen LogP contribution is -2.60. The molecule has 2 heterocycles. The van der Waals surface area contributed by atoms with Crippen molar-refractivity contribution in [2.24, 2.45) is 22.7 Å². The average molecular weight is 405 g/mol. The first-order valence-electron chi connectivity index (χ1n) is 10.7. The molecule has 160 valence electrons. The Bertz CT molecular complexity index is 742. The van der Waals surface area contributed by atoms with E-state index < -0.39 is 12.1 Å². The Hall–Kier alpha value is -1.66. The maximum absolute atomic E-state index is 12.2. The largest absolute Gasteiger partial charge is 0.458 e. The summed E-state index contributed by atoms with van der Waals surface area (Å²) >= 11 is 0. The van der Waals surface area contributed by atoms with Gasteiger partial charge in [-0.1, -0.05) is 32.1 Å². The molecule has 0 aromatic carbocycles. The van der Waals surface area contributed by atoms with Crippen LogP contribution < -0.4 is 0 Å². The third-order valence-electron chi connectivity index (χ3n) is 7.91. The number of carbonyl (C=O) groups is 2. The van der Waals surface area contributed by atoms with Gasteiger partial charge < -0.3 is 18.9 Å². The molecule has 2 unspecified atom stereocenters. The molecule has 0 radical (unpaired) electrons. The average Bonchev–Trinajstić information content (AvgIpc) is 2.99. The fraction of sp³-hybridized carbons (Fsp3) is 0.739. The Morgan fingerprint density at radius 1 is 1.31 bits per heavy atom. The molecule has 4 fully saturated rings. The van der Waals surface area contributed by atoms with Crippen LogP contribution in [-0.4, -0.2) is 44.2 Å². The quantitative estimate of drug-likeness (QED) is 0.407. The van der Waals surface area contributed by atoms with E-state index in [0.717, 1.165) is 32.3 Å². The van der Waals surface area contributed by atoms with Crippen LogP contribution in [0.15, 0.2) is 23.8 Å². The highest BCUT2D eigenvalue weighted by molar-refractivity contribution is 5.92. The summed E-state index contributed by atoms with van der Waals surface area (Å²) in [5.74, 6) is -0.0523. The minimum atomic E-state index is -0.603. The number of cyclic esters (lactones) is 1. The van der Waals surface area contributed by atoms with Gasteiger partial charge in [-0.25, -0.2) is 4.79 Å². The number of hydrogen-bond donors (Lipinski definition) is 0. The first kappa shape index (κ1) is 20.6. The smallest absolute Gasteiger partial charge is 0.337 e. The maximum atomic E-state index is 12.2. The number of rotatable bonds is 3. The molecular formula is C23H32O6. The van der Waals surface area contributed by atoms with Gasteiger partial charge >= 0.3 is 11.9 Å². The lowest BCUT2D eigenvalue weighted by atomic mass is 9.46. The molecule has 4 aliphatic rings. The topological polar surface area (TPSA) is 71.1 Å². The van der Waals surface area contributed by atoms with Crippen LogP contribution in [0.3, 0.4) is 0 Å². The maximum Gasteiger partial charge on any atom is 0.337 e. The van der Waals surface area contributed by atoms with Crippen molar-refractivity contribution in [2.45, 2.75) is 65.1 Å². The van der Waals surface area contributed by atoms with E-state index in [2.05, 4.69) is 20.4 Å². The molecule has 29 heavy (non-hydrogen) atoms. The third kappa shape index (κ3) is 3.44. The predicted octanol–water partition coefficient (Wildman–Crippen LogP) is 3.55. The molecule has 2 saturated heterocycles. The number of fused-ring (bicyclic) bond motifs is 3. The van der Waals surface area contributed by atoms with Crippen molar-refractivity contribution in [1.29, 1.82) is 0 Å². The molecular weight excluding hydrogens is 372 g/mol. The highest BCUT2D eigenvalue weighted by Gasteiger charge is 2.59. The summed E-state index contributed by atoms with van der Waals surface area (Å²) in [4.78, 5) is 23.5. The molecule has 2 aliphatic heterocycles. The van der Waals surface area contributed by atoms with Crippen molar-refractivity contribution in [3.8, 4) is 0 Å². The predicted molar refractivity (Wildman–Crippen MR) is 106 cm³/mol. The third-order valence-corrected chi connectivity index (χ3v) is 7.91. The molecule has 4 rings (SSSR count). The second-order valence-corrected chi connectivity index (χ2v) is 9.57. The van der Waals surface area contributed by atoms with Gasteiger partial charge in [-0.15, -0.1) is 0 Å².